The van der Waals surface area contributed by atoms with Gasteiger partial charge in [0.15, 0.2) is 5.76 Å². The van der Waals surface area contributed by atoms with E-state index in [1.54, 1.807) is 12.1 Å². The van der Waals surface area contributed by atoms with Crippen molar-refractivity contribution >= 4 is 22.8 Å². The van der Waals surface area contributed by atoms with Gasteiger partial charge in [-0.1, -0.05) is 6.07 Å². The zero-order valence-electron chi connectivity index (χ0n) is 7.69. The van der Waals surface area contributed by atoms with Gasteiger partial charge in [0.05, 0.1) is 0 Å². The highest BCUT2D eigenvalue weighted by atomic mass is 16.3. The molecule has 2 rings (SSSR count). The Labute approximate surface area is 84.6 Å². The Hall–Kier alpha value is -2.30. The zero-order valence-corrected chi connectivity index (χ0v) is 7.69. The first-order valence-electron chi connectivity index (χ1n) is 4.21. The van der Waals surface area contributed by atoms with E-state index in [0.29, 0.717) is 16.5 Å². The molecule has 5 heteroatoms. The molecule has 0 aliphatic heterocycles. The summed E-state index contributed by atoms with van der Waals surface area (Å²) >= 11 is 0. The summed E-state index contributed by atoms with van der Waals surface area (Å²) in [5.74, 6) is -1.13. The normalized spacial score (nSPS) is 10.4. The van der Waals surface area contributed by atoms with Gasteiger partial charge in [0.2, 0.25) is 5.91 Å². The summed E-state index contributed by atoms with van der Waals surface area (Å²) < 4.78 is 5.14. The fraction of sp³-hybridized carbons (Fsp3) is 0. The number of nitrogens with two attached hydrogens (primary N) is 2. The molecule has 0 saturated carbocycles. The molecule has 0 bridgehead atoms. The van der Waals surface area contributed by atoms with Crippen molar-refractivity contribution in [2.75, 3.05) is 0 Å². The fourth-order valence-corrected chi connectivity index (χ4v) is 1.31. The molecule has 0 unspecified atom stereocenters. The van der Waals surface area contributed by atoms with Crippen molar-refractivity contribution in [1.29, 1.82) is 0 Å². The minimum Gasteiger partial charge on any atom is -0.451 e. The lowest BCUT2D eigenvalue weighted by molar-refractivity contribution is 0.0974. The van der Waals surface area contributed by atoms with E-state index in [0.717, 1.165) is 0 Å². The Balaban J connectivity index is 2.62. The second-order valence-corrected chi connectivity index (χ2v) is 3.09. The molecule has 1 aromatic carbocycles. The van der Waals surface area contributed by atoms with Crippen molar-refractivity contribution < 1.29 is 14.0 Å². The standard InChI is InChI=1S/C10H8N2O3/c11-9(13)6-2-1-5-3-8(10(12)14)15-7(5)4-6/h1-4H,(H2,11,13)(H2,12,14). The summed E-state index contributed by atoms with van der Waals surface area (Å²) in [5, 5.41) is 0.703. The molecular formula is C10H8N2O3. The maximum absolute atomic E-state index is 10.9. The van der Waals surface area contributed by atoms with Gasteiger partial charge in [-0.15, -0.1) is 0 Å². The Morgan fingerprint density at radius 1 is 1.07 bits per heavy atom. The summed E-state index contributed by atoms with van der Waals surface area (Å²) in [5.41, 5.74) is 10.9. The fourth-order valence-electron chi connectivity index (χ4n) is 1.31. The number of carbonyl (C=O) groups excluding carboxylic acids is 2. The van der Waals surface area contributed by atoms with Gasteiger partial charge in [-0.3, -0.25) is 9.59 Å². The SMILES string of the molecule is NC(=O)c1ccc2cc(C(N)=O)oc2c1. The molecule has 76 valence electrons. The van der Waals surface area contributed by atoms with Crippen LogP contribution in [-0.4, -0.2) is 11.8 Å². The summed E-state index contributed by atoms with van der Waals surface area (Å²) in [4.78, 5) is 21.7. The van der Waals surface area contributed by atoms with Crippen LogP contribution in [0.5, 0.6) is 0 Å². The van der Waals surface area contributed by atoms with Crippen LogP contribution in [0.3, 0.4) is 0 Å². The van der Waals surface area contributed by atoms with Crippen LogP contribution in [0.4, 0.5) is 0 Å². The first kappa shape index (κ1) is 9.26. The van der Waals surface area contributed by atoms with Crippen molar-refractivity contribution in [2.45, 2.75) is 0 Å². The average Bonchev–Trinajstić information content (AvgIpc) is 2.59. The second-order valence-electron chi connectivity index (χ2n) is 3.09. The van der Waals surface area contributed by atoms with Crippen LogP contribution in [0.15, 0.2) is 28.7 Å². The van der Waals surface area contributed by atoms with Crippen molar-refractivity contribution in [2.24, 2.45) is 11.5 Å². The summed E-state index contributed by atoms with van der Waals surface area (Å²) in [6.45, 7) is 0. The molecule has 15 heavy (non-hydrogen) atoms. The highest BCUT2D eigenvalue weighted by Gasteiger charge is 2.10. The van der Waals surface area contributed by atoms with Crippen LogP contribution in [-0.2, 0) is 0 Å². The van der Waals surface area contributed by atoms with Gasteiger partial charge in [-0.25, -0.2) is 0 Å². The van der Waals surface area contributed by atoms with E-state index in [2.05, 4.69) is 0 Å². The van der Waals surface area contributed by atoms with Gasteiger partial charge in [-0.2, -0.15) is 0 Å². The van der Waals surface area contributed by atoms with E-state index in [1.165, 1.54) is 12.1 Å². The first-order valence-corrected chi connectivity index (χ1v) is 4.21. The average molecular weight is 204 g/mol. The molecule has 2 amide bonds. The highest BCUT2D eigenvalue weighted by molar-refractivity contribution is 5.99. The minimum atomic E-state index is -0.646. The molecule has 0 aliphatic rings. The van der Waals surface area contributed by atoms with E-state index in [1.807, 2.05) is 0 Å². The van der Waals surface area contributed by atoms with Crippen LogP contribution in [0.1, 0.15) is 20.9 Å². The second kappa shape index (κ2) is 3.13. The van der Waals surface area contributed by atoms with Gasteiger partial charge >= 0.3 is 0 Å². The lowest BCUT2D eigenvalue weighted by Crippen LogP contribution is -2.10. The molecule has 0 saturated heterocycles. The molecule has 4 N–H and O–H groups in total. The number of hydrogen-bond acceptors (Lipinski definition) is 3. The Morgan fingerprint density at radius 2 is 1.80 bits per heavy atom. The third-order valence-corrected chi connectivity index (χ3v) is 2.05. The topological polar surface area (TPSA) is 99.3 Å². The smallest absolute Gasteiger partial charge is 0.284 e. The lowest BCUT2D eigenvalue weighted by atomic mass is 10.1. The number of carbonyl (C=O) groups is 2. The number of furan rings is 1. The van der Waals surface area contributed by atoms with Crippen LogP contribution >= 0.6 is 0 Å². The zero-order chi connectivity index (χ0) is 11.0. The Morgan fingerprint density at radius 3 is 2.40 bits per heavy atom. The van der Waals surface area contributed by atoms with Crippen molar-refractivity contribution in [3.63, 3.8) is 0 Å². The third-order valence-electron chi connectivity index (χ3n) is 2.05. The van der Waals surface area contributed by atoms with E-state index >= 15 is 0 Å². The third kappa shape index (κ3) is 1.54. The van der Waals surface area contributed by atoms with Gasteiger partial charge in [0.25, 0.3) is 5.91 Å². The molecule has 0 atom stereocenters. The van der Waals surface area contributed by atoms with Crippen molar-refractivity contribution in [1.82, 2.24) is 0 Å². The lowest BCUT2D eigenvalue weighted by Gasteiger charge is -1.93. The summed E-state index contributed by atoms with van der Waals surface area (Å²) in [6, 6.07) is 6.20. The summed E-state index contributed by atoms with van der Waals surface area (Å²) in [7, 11) is 0. The molecule has 5 nitrogen and oxygen atoms in total. The van der Waals surface area contributed by atoms with Crippen LogP contribution in [0.2, 0.25) is 0 Å². The predicted molar refractivity (Wildman–Crippen MR) is 53.2 cm³/mol. The molecule has 1 heterocycles. The predicted octanol–water partition coefficient (Wildman–Crippen LogP) is 0.631. The van der Waals surface area contributed by atoms with E-state index in [4.69, 9.17) is 15.9 Å². The molecule has 1 aromatic heterocycles. The quantitative estimate of drug-likeness (QED) is 0.750. The molecular weight excluding hydrogens is 196 g/mol. The van der Waals surface area contributed by atoms with Crippen LogP contribution in [0, 0.1) is 0 Å². The molecule has 2 aromatic rings. The number of primary amides is 2. The van der Waals surface area contributed by atoms with E-state index in [-0.39, 0.29) is 5.76 Å². The number of hydrogen-bond donors (Lipinski definition) is 2. The summed E-state index contributed by atoms with van der Waals surface area (Å²) in [6.07, 6.45) is 0. The number of fused-ring (bicyclic) bond motifs is 1. The molecule has 0 fully saturated rings. The minimum absolute atomic E-state index is 0.0617. The maximum atomic E-state index is 10.9. The van der Waals surface area contributed by atoms with Crippen LogP contribution < -0.4 is 11.5 Å². The number of amides is 2. The Kier molecular flexibility index (Phi) is 1.93. The first-order chi connectivity index (χ1) is 7.08. The maximum Gasteiger partial charge on any atom is 0.284 e. The molecule has 0 radical (unpaired) electrons. The number of rotatable bonds is 2. The van der Waals surface area contributed by atoms with Gasteiger partial charge in [-0.05, 0) is 18.2 Å². The highest BCUT2D eigenvalue weighted by Crippen LogP contribution is 2.20. The van der Waals surface area contributed by atoms with E-state index in [9.17, 15) is 9.59 Å². The van der Waals surface area contributed by atoms with E-state index < -0.39 is 11.8 Å². The molecule has 0 spiro atoms. The van der Waals surface area contributed by atoms with Crippen molar-refractivity contribution in [3.05, 3.63) is 35.6 Å². The molecule has 0 aliphatic carbocycles. The van der Waals surface area contributed by atoms with Gasteiger partial charge in [0, 0.05) is 10.9 Å². The number of benzene rings is 1. The largest absolute Gasteiger partial charge is 0.451 e. The Bertz CT molecular complexity index is 545. The van der Waals surface area contributed by atoms with Gasteiger partial charge in [0.1, 0.15) is 5.58 Å². The van der Waals surface area contributed by atoms with Gasteiger partial charge < -0.3 is 15.9 Å². The monoisotopic (exact) mass is 204 g/mol. The van der Waals surface area contributed by atoms with Crippen molar-refractivity contribution in [3.8, 4) is 0 Å². The van der Waals surface area contributed by atoms with Crippen LogP contribution in [0.25, 0.3) is 11.0 Å².